The summed E-state index contributed by atoms with van der Waals surface area (Å²) in [6.45, 7) is 2.51. The fraction of sp³-hybridized carbons (Fsp3) is 0.714. The van der Waals surface area contributed by atoms with Crippen LogP contribution in [0, 0.1) is 0 Å². The molecule has 0 amide bonds. The molecule has 1 aromatic heterocycles. The van der Waals surface area contributed by atoms with Gasteiger partial charge in [-0.2, -0.15) is 15.0 Å². The standard InChI is InChI=1S/C7H12N4O/c1-11-9-4-6(10-11)7-5-8-2-3-12-7/h4,7-8H,2-3,5H2,1H3. The number of aryl methyl sites for hydroxylation is 1. The Balaban J connectivity index is 2.08. The molecular weight excluding hydrogens is 156 g/mol. The van der Waals surface area contributed by atoms with Crippen molar-refractivity contribution in [2.24, 2.45) is 7.05 Å². The van der Waals surface area contributed by atoms with Gasteiger partial charge in [0.05, 0.1) is 12.8 Å². The molecule has 2 rings (SSSR count). The molecule has 66 valence electrons. The maximum absolute atomic E-state index is 5.50. The molecule has 0 radical (unpaired) electrons. The Morgan fingerprint density at radius 3 is 3.25 bits per heavy atom. The van der Waals surface area contributed by atoms with Crippen LogP contribution in [0.4, 0.5) is 0 Å². The van der Waals surface area contributed by atoms with Gasteiger partial charge >= 0.3 is 0 Å². The fourth-order valence-corrected chi connectivity index (χ4v) is 1.26. The van der Waals surface area contributed by atoms with E-state index in [4.69, 9.17) is 4.74 Å². The van der Waals surface area contributed by atoms with E-state index >= 15 is 0 Å². The number of hydrogen-bond donors (Lipinski definition) is 1. The molecule has 0 aromatic carbocycles. The molecule has 5 nitrogen and oxygen atoms in total. The molecule has 1 saturated heterocycles. The number of ether oxygens (including phenoxy) is 1. The largest absolute Gasteiger partial charge is 0.369 e. The van der Waals surface area contributed by atoms with Gasteiger partial charge in [0.2, 0.25) is 0 Å². The van der Waals surface area contributed by atoms with Crippen molar-refractivity contribution in [1.29, 1.82) is 0 Å². The summed E-state index contributed by atoms with van der Waals surface area (Å²) in [5, 5.41) is 11.4. The molecule has 1 unspecified atom stereocenters. The summed E-state index contributed by atoms with van der Waals surface area (Å²) >= 11 is 0. The van der Waals surface area contributed by atoms with Gasteiger partial charge in [-0.15, -0.1) is 0 Å². The van der Waals surface area contributed by atoms with Gasteiger partial charge in [0.1, 0.15) is 11.8 Å². The van der Waals surface area contributed by atoms with Crippen molar-refractivity contribution in [3.05, 3.63) is 11.9 Å². The minimum Gasteiger partial charge on any atom is -0.369 e. The molecule has 1 N–H and O–H groups in total. The van der Waals surface area contributed by atoms with Gasteiger partial charge < -0.3 is 10.1 Å². The first-order valence-electron chi connectivity index (χ1n) is 4.05. The molecule has 1 aliphatic heterocycles. The van der Waals surface area contributed by atoms with Crippen molar-refractivity contribution in [1.82, 2.24) is 20.3 Å². The lowest BCUT2D eigenvalue weighted by molar-refractivity contribution is 0.0247. The van der Waals surface area contributed by atoms with E-state index in [1.165, 1.54) is 0 Å². The van der Waals surface area contributed by atoms with Crippen molar-refractivity contribution in [2.45, 2.75) is 6.10 Å². The van der Waals surface area contributed by atoms with Crippen LogP contribution in [0.25, 0.3) is 0 Å². The summed E-state index contributed by atoms with van der Waals surface area (Å²) in [5.41, 5.74) is 0.907. The summed E-state index contributed by atoms with van der Waals surface area (Å²) in [7, 11) is 1.81. The monoisotopic (exact) mass is 168 g/mol. The van der Waals surface area contributed by atoms with E-state index in [1.54, 1.807) is 18.0 Å². The van der Waals surface area contributed by atoms with E-state index in [2.05, 4.69) is 15.5 Å². The smallest absolute Gasteiger partial charge is 0.115 e. The Kier molecular flexibility index (Phi) is 2.05. The molecule has 0 saturated carbocycles. The number of aromatic nitrogens is 3. The van der Waals surface area contributed by atoms with E-state index in [1.807, 2.05) is 0 Å². The molecular formula is C7H12N4O. The highest BCUT2D eigenvalue weighted by Gasteiger charge is 2.17. The Morgan fingerprint density at radius 2 is 2.67 bits per heavy atom. The van der Waals surface area contributed by atoms with Gasteiger partial charge in [-0.3, -0.25) is 0 Å². The summed E-state index contributed by atoms with van der Waals surface area (Å²) in [5.74, 6) is 0. The van der Waals surface area contributed by atoms with Crippen molar-refractivity contribution in [3.8, 4) is 0 Å². The van der Waals surface area contributed by atoms with E-state index in [-0.39, 0.29) is 6.10 Å². The van der Waals surface area contributed by atoms with E-state index in [0.717, 1.165) is 25.4 Å². The predicted molar refractivity (Wildman–Crippen MR) is 42.6 cm³/mol. The Morgan fingerprint density at radius 1 is 1.75 bits per heavy atom. The second-order valence-corrected chi connectivity index (χ2v) is 2.82. The van der Waals surface area contributed by atoms with Gasteiger partial charge in [-0.05, 0) is 0 Å². The number of hydrogen-bond acceptors (Lipinski definition) is 4. The predicted octanol–water partition coefficient (Wildman–Crippen LogP) is -0.524. The van der Waals surface area contributed by atoms with E-state index < -0.39 is 0 Å². The number of morpholine rings is 1. The van der Waals surface area contributed by atoms with Crippen molar-refractivity contribution < 1.29 is 4.74 Å². The maximum Gasteiger partial charge on any atom is 0.115 e. The van der Waals surface area contributed by atoms with Gasteiger partial charge in [0.25, 0.3) is 0 Å². The zero-order valence-corrected chi connectivity index (χ0v) is 7.03. The summed E-state index contributed by atoms with van der Waals surface area (Å²) in [6, 6.07) is 0. The summed E-state index contributed by atoms with van der Waals surface area (Å²) < 4.78 is 5.50. The average Bonchev–Trinajstić information content (AvgIpc) is 2.54. The number of nitrogens with zero attached hydrogens (tertiary/aromatic N) is 3. The van der Waals surface area contributed by atoms with Gasteiger partial charge in [-0.25, -0.2) is 0 Å². The van der Waals surface area contributed by atoms with Crippen LogP contribution in [0.15, 0.2) is 6.20 Å². The van der Waals surface area contributed by atoms with Gasteiger partial charge in [0.15, 0.2) is 0 Å². The molecule has 1 aliphatic rings. The quantitative estimate of drug-likeness (QED) is 0.613. The van der Waals surface area contributed by atoms with Crippen LogP contribution in [0.1, 0.15) is 11.8 Å². The minimum atomic E-state index is 0.0763. The Bertz CT molecular complexity index is 254. The highest BCUT2D eigenvalue weighted by molar-refractivity contribution is 4.98. The van der Waals surface area contributed by atoms with E-state index in [9.17, 15) is 0 Å². The molecule has 2 heterocycles. The van der Waals surface area contributed by atoms with Crippen LogP contribution >= 0.6 is 0 Å². The number of rotatable bonds is 1. The zero-order valence-electron chi connectivity index (χ0n) is 7.03. The second kappa shape index (κ2) is 3.20. The molecule has 1 fully saturated rings. The van der Waals surface area contributed by atoms with Crippen LogP contribution in [0.5, 0.6) is 0 Å². The second-order valence-electron chi connectivity index (χ2n) is 2.82. The molecule has 0 bridgehead atoms. The topological polar surface area (TPSA) is 52.0 Å². The van der Waals surface area contributed by atoms with Crippen molar-refractivity contribution >= 4 is 0 Å². The Labute approximate surface area is 70.7 Å². The molecule has 5 heteroatoms. The normalized spacial score (nSPS) is 24.2. The average molecular weight is 168 g/mol. The summed E-state index contributed by atoms with van der Waals surface area (Å²) in [6.07, 6.45) is 1.82. The lowest BCUT2D eigenvalue weighted by Crippen LogP contribution is -2.33. The first kappa shape index (κ1) is 7.70. The van der Waals surface area contributed by atoms with Crippen LogP contribution in [-0.4, -0.2) is 34.7 Å². The first-order chi connectivity index (χ1) is 5.86. The number of nitrogens with one attached hydrogen (secondary N) is 1. The SMILES string of the molecule is Cn1ncc(C2CNCCO2)n1. The fourth-order valence-electron chi connectivity index (χ4n) is 1.26. The third-order valence-corrected chi connectivity index (χ3v) is 1.87. The molecule has 12 heavy (non-hydrogen) atoms. The van der Waals surface area contributed by atoms with Crippen molar-refractivity contribution in [3.63, 3.8) is 0 Å². The van der Waals surface area contributed by atoms with Gasteiger partial charge in [0, 0.05) is 20.1 Å². The van der Waals surface area contributed by atoms with Crippen LogP contribution in [-0.2, 0) is 11.8 Å². The maximum atomic E-state index is 5.50. The van der Waals surface area contributed by atoms with Crippen LogP contribution in [0.3, 0.4) is 0 Å². The molecule has 1 aromatic rings. The van der Waals surface area contributed by atoms with Crippen LogP contribution < -0.4 is 5.32 Å². The third-order valence-electron chi connectivity index (χ3n) is 1.87. The minimum absolute atomic E-state index is 0.0763. The third kappa shape index (κ3) is 1.46. The molecule has 0 aliphatic carbocycles. The van der Waals surface area contributed by atoms with Crippen LogP contribution in [0.2, 0.25) is 0 Å². The first-order valence-corrected chi connectivity index (χ1v) is 4.05. The highest BCUT2D eigenvalue weighted by atomic mass is 16.5. The summed E-state index contributed by atoms with van der Waals surface area (Å²) in [4.78, 5) is 1.55. The molecule has 1 atom stereocenters. The lowest BCUT2D eigenvalue weighted by Gasteiger charge is -2.21. The van der Waals surface area contributed by atoms with Crippen molar-refractivity contribution in [2.75, 3.05) is 19.7 Å². The lowest BCUT2D eigenvalue weighted by atomic mass is 10.2. The van der Waals surface area contributed by atoms with E-state index in [0.29, 0.717) is 0 Å². The molecule has 0 spiro atoms. The zero-order chi connectivity index (χ0) is 8.39. The Hall–Kier alpha value is -0.940. The highest BCUT2D eigenvalue weighted by Crippen LogP contribution is 2.14. The van der Waals surface area contributed by atoms with Gasteiger partial charge in [-0.1, -0.05) is 0 Å².